The van der Waals surface area contributed by atoms with Crippen LogP contribution in [-0.2, 0) is 10.0 Å². The van der Waals surface area contributed by atoms with Gasteiger partial charge in [0, 0.05) is 13.1 Å². The molecule has 0 atom stereocenters. The van der Waals surface area contributed by atoms with E-state index in [1.165, 1.54) is 16.4 Å². The number of halogens is 1. The second-order valence-corrected chi connectivity index (χ2v) is 8.16. The Morgan fingerprint density at radius 2 is 1.71 bits per heavy atom. The molecular formula is C15H23FN2O2S. The molecule has 4 nitrogen and oxygen atoms in total. The van der Waals surface area contributed by atoms with E-state index in [2.05, 4.69) is 6.92 Å². The fraction of sp³-hybridized carbons (Fsp3) is 0.600. The van der Waals surface area contributed by atoms with Crippen LogP contribution >= 0.6 is 0 Å². The van der Waals surface area contributed by atoms with Crippen molar-refractivity contribution in [2.75, 3.05) is 19.6 Å². The monoisotopic (exact) mass is 314 g/mol. The summed E-state index contributed by atoms with van der Waals surface area (Å²) in [6.07, 6.45) is 1.50. The van der Waals surface area contributed by atoms with Gasteiger partial charge in [-0.15, -0.1) is 0 Å². The zero-order valence-corrected chi connectivity index (χ0v) is 13.6. The molecule has 2 N–H and O–H groups in total. The summed E-state index contributed by atoms with van der Waals surface area (Å²) < 4.78 is 40.5. The Labute approximate surface area is 126 Å². The van der Waals surface area contributed by atoms with Crippen LogP contribution in [-0.4, -0.2) is 32.4 Å². The minimum atomic E-state index is -3.57. The van der Waals surface area contributed by atoms with Gasteiger partial charge in [0.05, 0.1) is 4.90 Å². The molecule has 21 heavy (non-hydrogen) atoms. The molecule has 1 saturated heterocycles. The van der Waals surface area contributed by atoms with Crippen LogP contribution in [0.3, 0.4) is 0 Å². The quantitative estimate of drug-likeness (QED) is 0.930. The smallest absolute Gasteiger partial charge is 0.243 e. The molecule has 2 rings (SSSR count). The summed E-state index contributed by atoms with van der Waals surface area (Å²) in [4.78, 5) is 0.236. The van der Waals surface area contributed by atoms with E-state index >= 15 is 0 Å². The van der Waals surface area contributed by atoms with E-state index in [1.54, 1.807) is 13.8 Å². The lowest BCUT2D eigenvalue weighted by Gasteiger charge is -2.38. The van der Waals surface area contributed by atoms with Crippen LogP contribution in [0, 0.1) is 25.1 Å². The molecule has 0 unspecified atom stereocenters. The highest BCUT2D eigenvalue weighted by Gasteiger charge is 2.35. The number of aryl methyl sites for hydroxylation is 2. The maximum atomic E-state index is 13.4. The SMILES string of the molecule is Cc1cc(F)cc(C)c1S(=O)(=O)N1CCC(C)(CN)CC1. The standard InChI is InChI=1S/C15H23FN2O2S/c1-11-8-13(16)9-12(2)14(11)21(19,20)18-6-4-15(3,10-17)5-7-18/h8-9H,4-7,10,17H2,1-3H3. The van der Waals surface area contributed by atoms with Crippen LogP contribution in [0.5, 0.6) is 0 Å². The van der Waals surface area contributed by atoms with Gasteiger partial charge >= 0.3 is 0 Å². The third-order valence-electron chi connectivity index (χ3n) is 4.45. The number of nitrogens with zero attached hydrogens (tertiary/aromatic N) is 1. The van der Waals surface area contributed by atoms with E-state index in [4.69, 9.17) is 5.73 Å². The van der Waals surface area contributed by atoms with Gasteiger partial charge < -0.3 is 5.73 Å². The van der Waals surface area contributed by atoms with Gasteiger partial charge in [0.2, 0.25) is 10.0 Å². The predicted molar refractivity (Wildman–Crippen MR) is 81.0 cm³/mol. The van der Waals surface area contributed by atoms with Crippen molar-refractivity contribution in [3.63, 3.8) is 0 Å². The van der Waals surface area contributed by atoms with E-state index in [0.29, 0.717) is 30.8 Å². The van der Waals surface area contributed by atoms with Crippen molar-refractivity contribution in [3.05, 3.63) is 29.1 Å². The number of nitrogens with two attached hydrogens (primary N) is 1. The number of hydrogen-bond donors (Lipinski definition) is 1. The van der Waals surface area contributed by atoms with Gasteiger partial charge in [0.15, 0.2) is 0 Å². The Hall–Kier alpha value is -0.980. The maximum absolute atomic E-state index is 13.4. The van der Waals surface area contributed by atoms with E-state index < -0.39 is 15.8 Å². The number of piperidine rings is 1. The lowest BCUT2D eigenvalue weighted by atomic mass is 9.81. The first kappa shape index (κ1) is 16.4. The average molecular weight is 314 g/mol. The Morgan fingerprint density at radius 3 is 2.14 bits per heavy atom. The molecule has 1 aliphatic rings. The first-order valence-electron chi connectivity index (χ1n) is 7.17. The zero-order chi connectivity index (χ0) is 15.8. The largest absolute Gasteiger partial charge is 0.330 e. The molecule has 1 aliphatic heterocycles. The summed E-state index contributed by atoms with van der Waals surface area (Å²) in [5.74, 6) is -0.404. The van der Waals surface area contributed by atoms with E-state index in [1.807, 2.05) is 0 Å². The normalized spacial score (nSPS) is 19.7. The van der Waals surface area contributed by atoms with Crippen LogP contribution < -0.4 is 5.73 Å². The molecule has 0 bridgehead atoms. The van der Waals surface area contributed by atoms with Crippen molar-refractivity contribution < 1.29 is 12.8 Å². The number of rotatable bonds is 3. The average Bonchev–Trinajstić information content (AvgIpc) is 2.37. The summed E-state index contributed by atoms with van der Waals surface area (Å²) in [6, 6.07) is 2.54. The molecule has 1 aromatic rings. The van der Waals surface area contributed by atoms with Crippen LogP contribution in [0.4, 0.5) is 4.39 Å². The molecule has 1 fully saturated rings. The molecule has 0 aromatic heterocycles. The molecule has 0 amide bonds. The number of sulfonamides is 1. The molecule has 118 valence electrons. The zero-order valence-electron chi connectivity index (χ0n) is 12.8. The van der Waals surface area contributed by atoms with Crippen LogP contribution in [0.2, 0.25) is 0 Å². The first-order valence-corrected chi connectivity index (χ1v) is 8.61. The third-order valence-corrected chi connectivity index (χ3v) is 6.65. The van der Waals surface area contributed by atoms with Gasteiger partial charge in [-0.2, -0.15) is 4.31 Å². The molecule has 6 heteroatoms. The summed E-state index contributed by atoms with van der Waals surface area (Å²) in [5.41, 5.74) is 6.69. The minimum absolute atomic E-state index is 0.0128. The van der Waals surface area contributed by atoms with Crippen molar-refractivity contribution >= 4 is 10.0 Å². The highest BCUT2D eigenvalue weighted by molar-refractivity contribution is 7.89. The van der Waals surface area contributed by atoms with E-state index in [0.717, 1.165) is 12.8 Å². The number of hydrogen-bond acceptors (Lipinski definition) is 3. The Balaban J connectivity index is 2.33. The minimum Gasteiger partial charge on any atom is -0.330 e. The molecule has 0 radical (unpaired) electrons. The summed E-state index contributed by atoms with van der Waals surface area (Å²) in [7, 11) is -3.57. The van der Waals surface area contributed by atoms with Crippen molar-refractivity contribution in [2.24, 2.45) is 11.1 Å². The second kappa shape index (κ2) is 5.66. The summed E-state index contributed by atoms with van der Waals surface area (Å²) in [6.45, 7) is 6.85. The van der Waals surface area contributed by atoms with Gasteiger partial charge in [-0.25, -0.2) is 12.8 Å². The highest BCUT2D eigenvalue weighted by atomic mass is 32.2. The summed E-state index contributed by atoms with van der Waals surface area (Å²) in [5, 5.41) is 0. The Kier molecular flexibility index (Phi) is 4.42. The Morgan fingerprint density at radius 1 is 1.24 bits per heavy atom. The molecule has 1 aromatic carbocycles. The van der Waals surface area contributed by atoms with Crippen molar-refractivity contribution in [1.29, 1.82) is 0 Å². The van der Waals surface area contributed by atoms with Gasteiger partial charge in [0.1, 0.15) is 5.82 Å². The molecular weight excluding hydrogens is 291 g/mol. The first-order chi connectivity index (χ1) is 9.69. The van der Waals surface area contributed by atoms with Gasteiger partial charge in [-0.1, -0.05) is 6.92 Å². The molecule has 1 heterocycles. The maximum Gasteiger partial charge on any atom is 0.243 e. The van der Waals surface area contributed by atoms with Crippen LogP contribution in [0.25, 0.3) is 0 Å². The lowest BCUT2D eigenvalue weighted by Crippen LogP contribution is -2.45. The van der Waals surface area contributed by atoms with E-state index in [-0.39, 0.29) is 10.3 Å². The fourth-order valence-corrected chi connectivity index (χ4v) is 4.76. The molecule has 0 aliphatic carbocycles. The predicted octanol–water partition coefficient (Wildman–Crippen LogP) is 2.19. The van der Waals surface area contributed by atoms with Gasteiger partial charge in [0.25, 0.3) is 0 Å². The topological polar surface area (TPSA) is 63.4 Å². The van der Waals surface area contributed by atoms with Gasteiger partial charge in [-0.05, 0) is 61.9 Å². The van der Waals surface area contributed by atoms with Crippen LogP contribution in [0.1, 0.15) is 30.9 Å². The lowest BCUT2D eigenvalue weighted by molar-refractivity contribution is 0.182. The highest BCUT2D eigenvalue weighted by Crippen LogP contribution is 2.33. The van der Waals surface area contributed by atoms with E-state index in [9.17, 15) is 12.8 Å². The second-order valence-electron chi connectivity index (χ2n) is 6.29. The van der Waals surface area contributed by atoms with Gasteiger partial charge in [-0.3, -0.25) is 0 Å². The van der Waals surface area contributed by atoms with Crippen LogP contribution in [0.15, 0.2) is 17.0 Å². The van der Waals surface area contributed by atoms with Crippen molar-refractivity contribution in [1.82, 2.24) is 4.31 Å². The molecule has 0 saturated carbocycles. The number of benzene rings is 1. The third kappa shape index (κ3) is 3.12. The molecule has 0 spiro atoms. The Bertz CT molecular complexity index is 612. The van der Waals surface area contributed by atoms with Crippen molar-refractivity contribution in [2.45, 2.75) is 38.5 Å². The fourth-order valence-electron chi connectivity index (χ4n) is 2.90. The summed E-state index contributed by atoms with van der Waals surface area (Å²) >= 11 is 0. The van der Waals surface area contributed by atoms with Crippen molar-refractivity contribution in [3.8, 4) is 0 Å².